The number of phenols is 1. The maximum atomic E-state index is 11.8. The van der Waals surface area contributed by atoms with Crippen LogP contribution in [0.1, 0.15) is 20.9 Å². The summed E-state index contributed by atoms with van der Waals surface area (Å²) in [5.41, 5.74) is 3.13. The molecule has 4 heteroatoms. The Kier molecular flexibility index (Phi) is 3.35. The van der Waals surface area contributed by atoms with E-state index in [1.54, 1.807) is 23.7 Å². The first kappa shape index (κ1) is 11.5. The zero-order valence-electron chi connectivity index (χ0n) is 9.25. The molecule has 0 aliphatic carbocycles. The summed E-state index contributed by atoms with van der Waals surface area (Å²) in [6.07, 6.45) is 3.24. The molecule has 0 unspecified atom stereocenters. The van der Waals surface area contributed by atoms with Crippen molar-refractivity contribution >= 4 is 23.2 Å². The Balaban J connectivity index is 2.17. The van der Waals surface area contributed by atoms with Gasteiger partial charge in [0, 0.05) is 10.4 Å². The average Bonchev–Trinajstić information content (AvgIpc) is 2.72. The third kappa shape index (κ3) is 2.79. The van der Waals surface area contributed by atoms with Crippen LogP contribution in [0.15, 0.2) is 35.9 Å². The van der Waals surface area contributed by atoms with Crippen LogP contribution in [0, 0.1) is 6.92 Å². The Morgan fingerprint density at radius 2 is 2.29 bits per heavy atom. The third-order valence-electron chi connectivity index (χ3n) is 2.30. The molecule has 0 saturated carbocycles. The number of carbonyl (C=O) groups excluding carboxylic acids is 1. The normalized spacial score (nSPS) is 10.9. The summed E-state index contributed by atoms with van der Waals surface area (Å²) >= 11 is 1.49. The van der Waals surface area contributed by atoms with Gasteiger partial charge in [-0.2, -0.15) is 0 Å². The van der Waals surface area contributed by atoms with Gasteiger partial charge in [-0.15, -0.1) is 11.3 Å². The van der Waals surface area contributed by atoms with Gasteiger partial charge in [-0.1, -0.05) is 12.1 Å². The van der Waals surface area contributed by atoms with Crippen LogP contribution in [-0.4, -0.2) is 15.9 Å². The number of thiazole rings is 1. The summed E-state index contributed by atoms with van der Waals surface area (Å²) in [5.74, 6) is -0.0353. The highest BCUT2D eigenvalue weighted by molar-refractivity contribution is 7.10. The summed E-state index contributed by atoms with van der Waals surface area (Å²) in [5, 5.41) is 9.27. The van der Waals surface area contributed by atoms with Crippen molar-refractivity contribution in [2.45, 2.75) is 6.92 Å². The number of rotatable bonds is 3. The number of hydrogen-bond donors (Lipinski definition) is 1. The number of ketones is 1. The maximum Gasteiger partial charge on any atom is 0.186 e. The quantitative estimate of drug-likeness (QED) is 0.668. The minimum atomic E-state index is -0.131. The fourth-order valence-electron chi connectivity index (χ4n) is 1.38. The van der Waals surface area contributed by atoms with Gasteiger partial charge in [-0.3, -0.25) is 4.79 Å². The predicted molar refractivity (Wildman–Crippen MR) is 68.3 cm³/mol. The molecule has 3 nitrogen and oxygen atoms in total. The van der Waals surface area contributed by atoms with Crippen molar-refractivity contribution in [1.82, 2.24) is 4.98 Å². The van der Waals surface area contributed by atoms with Crippen LogP contribution in [0.4, 0.5) is 0 Å². The predicted octanol–water partition coefficient (Wildman–Crippen LogP) is 3.05. The molecule has 0 atom stereocenters. The Hall–Kier alpha value is -1.94. The number of nitrogens with zero attached hydrogens (tertiary/aromatic N) is 1. The Labute approximate surface area is 103 Å². The molecule has 1 aromatic carbocycles. The second kappa shape index (κ2) is 4.93. The standard InChI is InChI=1S/C13H11NO2S/c1-9-13(17-8-14-9)6-5-12(16)10-3-2-4-11(15)7-10/h2-8,15H,1H3/b6-5+. The van der Waals surface area contributed by atoms with E-state index in [0.717, 1.165) is 10.6 Å². The van der Waals surface area contributed by atoms with E-state index in [1.165, 1.54) is 29.5 Å². The second-order valence-corrected chi connectivity index (χ2v) is 4.44. The third-order valence-corrected chi connectivity index (χ3v) is 3.20. The van der Waals surface area contributed by atoms with Crippen LogP contribution >= 0.6 is 11.3 Å². The summed E-state index contributed by atoms with van der Waals surface area (Å²) in [7, 11) is 0. The molecule has 0 radical (unpaired) electrons. The zero-order chi connectivity index (χ0) is 12.3. The smallest absolute Gasteiger partial charge is 0.186 e. The lowest BCUT2D eigenvalue weighted by molar-refractivity contribution is 0.104. The van der Waals surface area contributed by atoms with Crippen molar-refractivity contribution in [2.24, 2.45) is 0 Å². The SMILES string of the molecule is Cc1ncsc1/C=C/C(=O)c1cccc(O)c1. The van der Waals surface area contributed by atoms with Crippen LogP contribution < -0.4 is 0 Å². The molecule has 0 amide bonds. The van der Waals surface area contributed by atoms with Gasteiger partial charge in [0.2, 0.25) is 0 Å². The molecule has 2 aromatic rings. The molecule has 0 aliphatic rings. The highest BCUT2D eigenvalue weighted by atomic mass is 32.1. The Morgan fingerprint density at radius 1 is 1.47 bits per heavy atom. The minimum Gasteiger partial charge on any atom is -0.508 e. The first-order valence-corrected chi connectivity index (χ1v) is 5.96. The van der Waals surface area contributed by atoms with Crippen molar-refractivity contribution in [3.63, 3.8) is 0 Å². The van der Waals surface area contributed by atoms with E-state index < -0.39 is 0 Å². The van der Waals surface area contributed by atoms with E-state index in [2.05, 4.69) is 4.98 Å². The zero-order valence-corrected chi connectivity index (χ0v) is 10.1. The van der Waals surface area contributed by atoms with E-state index in [4.69, 9.17) is 0 Å². The van der Waals surface area contributed by atoms with Gasteiger partial charge < -0.3 is 5.11 Å². The summed E-state index contributed by atoms with van der Waals surface area (Å²) in [6, 6.07) is 6.31. The van der Waals surface area contributed by atoms with E-state index >= 15 is 0 Å². The van der Waals surface area contributed by atoms with E-state index in [1.807, 2.05) is 6.92 Å². The molecule has 0 saturated heterocycles. The number of allylic oxidation sites excluding steroid dienone is 1. The number of hydrogen-bond acceptors (Lipinski definition) is 4. The number of phenolic OH excluding ortho intramolecular Hbond substituents is 1. The Bertz CT molecular complexity index is 572. The lowest BCUT2D eigenvalue weighted by Gasteiger charge is -1.96. The van der Waals surface area contributed by atoms with E-state index in [9.17, 15) is 9.90 Å². The molecule has 2 rings (SSSR count). The van der Waals surface area contributed by atoms with Crippen molar-refractivity contribution < 1.29 is 9.90 Å². The molecule has 17 heavy (non-hydrogen) atoms. The van der Waals surface area contributed by atoms with Gasteiger partial charge in [-0.25, -0.2) is 4.98 Å². The highest BCUT2D eigenvalue weighted by Gasteiger charge is 2.03. The number of carbonyl (C=O) groups is 1. The number of benzene rings is 1. The van der Waals surface area contributed by atoms with Gasteiger partial charge in [0.25, 0.3) is 0 Å². The average molecular weight is 245 g/mol. The van der Waals surface area contributed by atoms with Crippen LogP contribution in [0.3, 0.4) is 0 Å². The van der Waals surface area contributed by atoms with Gasteiger partial charge in [-0.05, 0) is 31.2 Å². The molecular formula is C13H11NO2S. The van der Waals surface area contributed by atoms with Crippen molar-refractivity contribution in [1.29, 1.82) is 0 Å². The lowest BCUT2D eigenvalue weighted by atomic mass is 10.1. The highest BCUT2D eigenvalue weighted by Crippen LogP contribution is 2.16. The molecule has 0 fully saturated rings. The van der Waals surface area contributed by atoms with Crippen molar-refractivity contribution in [3.8, 4) is 5.75 Å². The van der Waals surface area contributed by atoms with Gasteiger partial charge in [0.1, 0.15) is 5.75 Å². The largest absolute Gasteiger partial charge is 0.508 e. The van der Waals surface area contributed by atoms with Crippen LogP contribution in [0.5, 0.6) is 5.75 Å². The van der Waals surface area contributed by atoms with Crippen molar-refractivity contribution in [2.75, 3.05) is 0 Å². The first-order chi connectivity index (χ1) is 8.16. The van der Waals surface area contributed by atoms with Gasteiger partial charge >= 0.3 is 0 Å². The molecule has 0 spiro atoms. The van der Waals surface area contributed by atoms with Crippen LogP contribution in [0.25, 0.3) is 6.08 Å². The molecule has 0 bridgehead atoms. The number of aryl methyl sites for hydroxylation is 1. The Morgan fingerprint density at radius 3 is 2.94 bits per heavy atom. The first-order valence-electron chi connectivity index (χ1n) is 5.08. The molecule has 86 valence electrons. The summed E-state index contributed by atoms with van der Waals surface area (Å²) < 4.78 is 0. The monoisotopic (exact) mass is 245 g/mol. The minimum absolute atomic E-state index is 0.0956. The fourth-order valence-corrected chi connectivity index (χ4v) is 2.07. The second-order valence-electron chi connectivity index (χ2n) is 3.55. The lowest BCUT2D eigenvalue weighted by Crippen LogP contribution is -1.93. The maximum absolute atomic E-state index is 11.8. The summed E-state index contributed by atoms with van der Waals surface area (Å²) in [4.78, 5) is 16.9. The van der Waals surface area contributed by atoms with Crippen LogP contribution in [-0.2, 0) is 0 Å². The van der Waals surface area contributed by atoms with Crippen LogP contribution in [0.2, 0.25) is 0 Å². The molecule has 1 N–H and O–H groups in total. The van der Waals surface area contributed by atoms with Gasteiger partial charge in [0.05, 0.1) is 11.2 Å². The van der Waals surface area contributed by atoms with E-state index in [0.29, 0.717) is 5.56 Å². The molecule has 0 aliphatic heterocycles. The number of aromatic nitrogens is 1. The molecule has 1 aromatic heterocycles. The van der Waals surface area contributed by atoms with Gasteiger partial charge in [0.15, 0.2) is 5.78 Å². The molecular weight excluding hydrogens is 234 g/mol. The van der Waals surface area contributed by atoms with E-state index in [-0.39, 0.29) is 11.5 Å². The topological polar surface area (TPSA) is 50.2 Å². The fraction of sp³-hybridized carbons (Fsp3) is 0.0769. The molecule has 1 heterocycles. The number of aromatic hydroxyl groups is 1. The van der Waals surface area contributed by atoms with Crippen molar-refractivity contribution in [3.05, 3.63) is 52.0 Å². The summed E-state index contributed by atoms with van der Waals surface area (Å²) in [6.45, 7) is 1.90.